The SMILES string of the molecule is OCc1cc2cccc(F)c2s1. The highest BCUT2D eigenvalue weighted by atomic mass is 32.1. The summed E-state index contributed by atoms with van der Waals surface area (Å²) in [6, 6.07) is 6.75. The molecule has 0 aliphatic carbocycles. The lowest BCUT2D eigenvalue weighted by atomic mass is 10.2. The van der Waals surface area contributed by atoms with Gasteiger partial charge in [-0.15, -0.1) is 11.3 Å². The van der Waals surface area contributed by atoms with Gasteiger partial charge in [0, 0.05) is 4.88 Å². The average Bonchev–Trinajstić information content (AvgIpc) is 2.49. The molecule has 62 valence electrons. The van der Waals surface area contributed by atoms with E-state index in [1.165, 1.54) is 17.4 Å². The Morgan fingerprint density at radius 3 is 2.92 bits per heavy atom. The van der Waals surface area contributed by atoms with E-state index in [0.717, 1.165) is 10.3 Å². The van der Waals surface area contributed by atoms with Gasteiger partial charge >= 0.3 is 0 Å². The quantitative estimate of drug-likeness (QED) is 0.718. The van der Waals surface area contributed by atoms with Crippen molar-refractivity contribution in [2.75, 3.05) is 0 Å². The topological polar surface area (TPSA) is 20.2 Å². The second-order valence-electron chi connectivity index (χ2n) is 2.53. The van der Waals surface area contributed by atoms with Gasteiger partial charge in [-0.25, -0.2) is 4.39 Å². The molecule has 0 saturated heterocycles. The normalized spacial score (nSPS) is 10.8. The van der Waals surface area contributed by atoms with Crippen LogP contribution < -0.4 is 0 Å². The Bertz CT molecular complexity index is 408. The van der Waals surface area contributed by atoms with Crippen molar-refractivity contribution < 1.29 is 9.50 Å². The van der Waals surface area contributed by atoms with E-state index in [9.17, 15) is 4.39 Å². The van der Waals surface area contributed by atoms with Gasteiger partial charge in [0.1, 0.15) is 5.82 Å². The molecule has 1 N–H and O–H groups in total. The van der Waals surface area contributed by atoms with E-state index in [1.807, 2.05) is 12.1 Å². The van der Waals surface area contributed by atoms with Gasteiger partial charge in [0.2, 0.25) is 0 Å². The van der Waals surface area contributed by atoms with Gasteiger partial charge < -0.3 is 5.11 Å². The average molecular weight is 182 g/mol. The molecule has 0 atom stereocenters. The number of hydrogen-bond donors (Lipinski definition) is 1. The first-order valence-electron chi connectivity index (χ1n) is 3.59. The van der Waals surface area contributed by atoms with Crippen molar-refractivity contribution in [1.29, 1.82) is 0 Å². The zero-order valence-electron chi connectivity index (χ0n) is 6.25. The summed E-state index contributed by atoms with van der Waals surface area (Å²) in [5.41, 5.74) is 0. The largest absolute Gasteiger partial charge is 0.391 e. The van der Waals surface area contributed by atoms with E-state index in [2.05, 4.69) is 0 Å². The van der Waals surface area contributed by atoms with Crippen LogP contribution in [0.5, 0.6) is 0 Å². The van der Waals surface area contributed by atoms with Crippen LogP contribution in [0.25, 0.3) is 10.1 Å². The van der Waals surface area contributed by atoms with Crippen LogP contribution in [0.3, 0.4) is 0 Å². The number of fused-ring (bicyclic) bond motifs is 1. The molecule has 1 aromatic carbocycles. The van der Waals surface area contributed by atoms with Crippen molar-refractivity contribution in [1.82, 2.24) is 0 Å². The summed E-state index contributed by atoms with van der Waals surface area (Å²) in [6.07, 6.45) is 0. The van der Waals surface area contributed by atoms with E-state index >= 15 is 0 Å². The molecule has 0 aliphatic rings. The van der Waals surface area contributed by atoms with Gasteiger partial charge in [0.25, 0.3) is 0 Å². The highest BCUT2D eigenvalue weighted by Crippen LogP contribution is 2.27. The maximum Gasteiger partial charge on any atom is 0.140 e. The Labute approximate surface area is 73.1 Å². The van der Waals surface area contributed by atoms with Crippen molar-refractivity contribution in [3.63, 3.8) is 0 Å². The van der Waals surface area contributed by atoms with Crippen molar-refractivity contribution in [3.05, 3.63) is 35.0 Å². The monoisotopic (exact) mass is 182 g/mol. The summed E-state index contributed by atoms with van der Waals surface area (Å²) in [4.78, 5) is 0.801. The number of benzene rings is 1. The fourth-order valence-electron chi connectivity index (χ4n) is 1.16. The molecule has 0 radical (unpaired) electrons. The second-order valence-corrected chi connectivity index (χ2v) is 3.67. The van der Waals surface area contributed by atoms with Crippen LogP contribution in [0.15, 0.2) is 24.3 Å². The summed E-state index contributed by atoms with van der Waals surface area (Å²) < 4.78 is 13.7. The van der Waals surface area contributed by atoms with Gasteiger partial charge in [0.15, 0.2) is 0 Å². The first kappa shape index (κ1) is 7.71. The summed E-state index contributed by atoms with van der Waals surface area (Å²) >= 11 is 1.30. The molecule has 0 fully saturated rings. The molecule has 2 rings (SSSR count). The molecule has 1 aromatic heterocycles. The van der Waals surface area contributed by atoms with Gasteiger partial charge in [0.05, 0.1) is 11.3 Å². The minimum atomic E-state index is -0.211. The molecule has 0 spiro atoms. The molecule has 12 heavy (non-hydrogen) atoms. The van der Waals surface area contributed by atoms with Gasteiger partial charge in [-0.3, -0.25) is 0 Å². The van der Waals surface area contributed by atoms with Crippen LogP contribution in [0.2, 0.25) is 0 Å². The molecule has 0 saturated carbocycles. The summed E-state index contributed by atoms with van der Waals surface area (Å²) in [6.45, 7) is -0.0151. The van der Waals surface area contributed by atoms with Crippen LogP contribution >= 0.6 is 11.3 Å². The van der Waals surface area contributed by atoms with Gasteiger partial charge in [-0.2, -0.15) is 0 Å². The highest BCUT2D eigenvalue weighted by Gasteiger charge is 2.04. The molecule has 0 aliphatic heterocycles. The van der Waals surface area contributed by atoms with Gasteiger partial charge in [-0.05, 0) is 17.5 Å². The van der Waals surface area contributed by atoms with Crippen molar-refractivity contribution >= 4 is 21.4 Å². The number of hydrogen-bond acceptors (Lipinski definition) is 2. The maximum absolute atomic E-state index is 13.1. The smallest absolute Gasteiger partial charge is 0.140 e. The molecule has 0 bridgehead atoms. The molecule has 1 nitrogen and oxygen atoms in total. The minimum Gasteiger partial charge on any atom is -0.391 e. The third-order valence-corrected chi connectivity index (χ3v) is 2.85. The van der Waals surface area contributed by atoms with E-state index in [4.69, 9.17) is 5.11 Å². The molecular formula is C9H7FOS. The first-order valence-corrected chi connectivity index (χ1v) is 4.40. The zero-order chi connectivity index (χ0) is 8.55. The highest BCUT2D eigenvalue weighted by molar-refractivity contribution is 7.19. The number of rotatable bonds is 1. The Hall–Kier alpha value is -0.930. The second kappa shape index (κ2) is 2.84. The molecule has 3 heteroatoms. The Kier molecular flexibility index (Phi) is 1.83. The summed E-state index contributed by atoms with van der Waals surface area (Å²) in [7, 11) is 0. The Morgan fingerprint density at radius 1 is 1.42 bits per heavy atom. The molecule has 0 unspecified atom stereocenters. The van der Waals surface area contributed by atoms with Crippen LogP contribution in [-0.2, 0) is 6.61 Å². The third kappa shape index (κ3) is 1.11. The van der Waals surface area contributed by atoms with Crippen molar-refractivity contribution in [3.8, 4) is 0 Å². The van der Waals surface area contributed by atoms with E-state index < -0.39 is 0 Å². The number of aliphatic hydroxyl groups is 1. The minimum absolute atomic E-state index is 0.0151. The zero-order valence-corrected chi connectivity index (χ0v) is 7.07. The van der Waals surface area contributed by atoms with Crippen molar-refractivity contribution in [2.24, 2.45) is 0 Å². The number of halogens is 1. The molecular weight excluding hydrogens is 175 g/mol. The van der Waals surface area contributed by atoms with Crippen LogP contribution in [0.4, 0.5) is 4.39 Å². The Morgan fingerprint density at radius 2 is 2.25 bits per heavy atom. The van der Waals surface area contributed by atoms with E-state index in [-0.39, 0.29) is 12.4 Å². The fourth-order valence-corrected chi connectivity index (χ4v) is 2.08. The Balaban J connectivity index is 2.74. The van der Waals surface area contributed by atoms with Crippen molar-refractivity contribution in [2.45, 2.75) is 6.61 Å². The number of thiophene rings is 1. The predicted molar refractivity (Wildman–Crippen MR) is 47.7 cm³/mol. The standard InChI is InChI=1S/C9H7FOS/c10-8-3-1-2-6-4-7(5-11)12-9(6)8/h1-4,11H,5H2. The first-order chi connectivity index (χ1) is 5.81. The lowest BCUT2D eigenvalue weighted by Crippen LogP contribution is -1.70. The molecule has 2 aromatic rings. The lowest BCUT2D eigenvalue weighted by molar-refractivity contribution is 0.285. The fraction of sp³-hybridized carbons (Fsp3) is 0.111. The summed E-state index contributed by atoms with van der Waals surface area (Å²) in [5, 5.41) is 9.68. The van der Waals surface area contributed by atoms with Crippen LogP contribution in [0.1, 0.15) is 4.88 Å². The molecule has 1 heterocycles. The maximum atomic E-state index is 13.1. The number of aliphatic hydroxyl groups excluding tert-OH is 1. The van der Waals surface area contributed by atoms with Crippen LogP contribution in [0, 0.1) is 5.82 Å². The molecule has 0 amide bonds. The predicted octanol–water partition coefficient (Wildman–Crippen LogP) is 2.53. The van der Waals surface area contributed by atoms with E-state index in [0.29, 0.717) is 4.70 Å². The van der Waals surface area contributed by atoms with Gasteiger partial charge in [-0.1, -0.05) is 12.1 Å². The summed E-state index contributed by atoms with van der Waals surface area (Å²) in [5.74, 6) is -0.211. The third-order valence-electron chi connectivity index (χ3n) is 1.70. The lowest BCUT2D eigenvalue weighted by Gasteiger charge is -1.88. The van der Waals surface area contributed by atoms with E-state index in [1.54, 1.807) is 6.07 Å². The van der Waals surface area contributed by atoms with Crippen LogP contribution in [-0.4, -0.2) is 5.11 Å².